The molecule has 0 aliphatic rings. The van der Waals surface area contributed by atoms with Gasteiger partial charge in [-0.15, -0.1) is 0 Å². The number of methoxy groups -OCH3 is 2. The van der Waals surface area contributed by atoms with Crippen LogP contribution in [0.25, 0.3) is 11.3 Å². The summed E-state index contributed by atoms with van der Waals surface area (Å²) in [6, 6.07) is 7.13. The second-order valence-electron chi connectivity index (χ2n) is 3.62. The van der Waals surface area contributed by atoms with Crippen molar-refractivity contribution < 1.29 is 9.47 Å². The average Bonchev–Trinajstić information content (AvgIpc) is 2.45. The standard InChI is InChI=1S/C12H13ClN4O2/c1-18-9-4-3-7(5-10(9)19-2)8-6-11(17-14)16-12(13)15-8/h3-6H,14H2,1-2H3,(H,15,16,17). The number of nitrogens with one attached hydrogen (secondary N) is 1. The molecule has 0 atom stereocenters. The molecule has 0 fully saturated rings. The van der Waals surface area contributed by atoms with Gasteiger partial charge in [-0.2, -0.15) is 4.98 Å². The van der Waals surface area contributed by atoms with Gasteiger partial charge in [-0.25, -0.2) is 10.8 Å². The van der Waals surface area contributed by atoms with Crippen LogP contribution in [-0.4, -0.2) is 24.2 Å². The first-order chi connectivity index (χ1) is 9.17. The Morgan fingerprint density at radius 2 is 1.84 bits per heavy atom. The van der Waals surface area contributed by atoms with Crippen LogP contribution in [0, 0.1) is 0 Å². The zero-order chi connectivity index (χ0) is 13.8. The van der Waals surface area contributed by atoms with Gasteiger partial charge in [0, 0.05) is 11.6 Å². The van der Waals surface area contributed by atoms with Gasteiger partial charge < -0.3 is 14.9 Å². The maximum Gasteiger partial charge on any atom is 0.224 e. The number of hydrazine groups is 1. The number of hydrogen-bond acceptors (Lipinski definition) is 6. The first-order valence-electron chi connectivity index (χ1n) is 5.41. The van der Waals surface area contributed by atoms with Gasteiger partial charge in [0.2, 0.25) is 5.28 Å². The monoisotopic (exact) mass is 280 g/mol. The minimum atomic E-state index is 0.111. The Balaban J connectivity index is 2.49. The van der Waals surface area contributed by atoms with Crippen molar-refractivity contribution in [1.29, 1.82) is 0 Å². The Morgan fingerprint density at radius 3 is 2.47 bits per heavy atom. The van der Waals surface area contributed by atoms with Crippen molar-refractivity contribution in [2.24, 2.45) is 5.84 Å². The predicted octanol–water partition coefficient (Wildman–Crippen LogP) is 2.10. The molecule has 0 aliphatic heterocycles. The summed E-state index contributed by atoms with van der Waals surface area (Å²) in [4.78, 5) is 8.06. The summed E-state index contributed by atoms with van der Waals surface area (Å²) >= 11 is 5.84. The summed E-state index contributed by atoms with van der Waals surface area (Å²) in [6.07, 6.45) is 0. The first kappa shape index (κ1) is 13.4. The van der Waals surface area contributed by atoms with Gasteiger partial charge in [-0.1, -0.05) is 0 Å². The molecule has 7 heteroatoms. The van der Waals surface area contributed by atoms with E-state index >= 15 is 0 Å². The summed E-state index contributed by atoms with van der Waals surface area (Å²) in [6.45, 7) is 0. The molecule has 100 valence electrons. The molecule has 2 rings (SSSR count). The summed E-state index contributed by atoms with van der Waals surface area (Å²) < 4.78 is 10.4. The van der Waals surface area contributed by atoms with Gasteiger partial charge in [-0.3, -0.25) is 0 Å². The molecule has 1 aromatic carbocycles. The van der Waals surface area contributed by atoms with E-state index < -0.39 is 0 Å². The molecular weight excluding hydrogens is 268 g/mol. The van der Waals surface area contributed by atoms with Crippen LogP contribution in [0.4, 0.5) is 5.82 Å². The second-order valence-corrected chi connectivity index (χ2v) is 3.96. The minimum absolute atomic E-state index is 0.111. The molecule has 0 saturated carbocycles. The van der Waals surface area contributed by atoms with E-state index in [0.29, 0.717) is 23.0 Å². The zero-order valence-corrected chi connectivity index (χ0v) is 11.2. The second kappa shape index (κ2) is 5.73. The Morgan fingerprint density at radius 1 is 1.11 bits per heavy atom. The van der Waals surface area contributed by atoms with Crippen molar-refractivity contribution >= 4 is 17.4 Å². The Bertz CT molecular complexity index is 592. The number of hydrogen-bond donors (Lipinski definition) is 2. The van der Waals surface area contributed by atoms with E-state index in [0.717, 1.165) is 5.56 Å². The molecule has 0 aliphatic carbocycles. The maximum atomic E-state index is 5.84. The molecule has 2 aromatic rings. The molecule has 1 heterocycles. The van der Waals surface area contributed by atoms with E-state index in [2.05, 4.69) is 15.4 Å². The van der Waals surface area contributed by atoms with Crippen LogP contribution in [0.2, 0.25) is 5.28 Å². The van der Waals surface area contributed by atoms with Crippen molar-refractivity contribution in [1.82, 2.24) is 9.97 Å². The summed E-state index contributed by atoms with van der Waals surface area (Å²) in [5.41, 5.74) is 3.89. The van der Waals surface area contributed by atoms with Crippen LogP contribution in [0.1, 0.15) is 0 Å². The summed E-state index contributed by atoms with van der Waals surface area (Å²) in [5.74, 6) is 7.01. The van der Waals surface area contributed by atoms with Crippen molar-refractivity contribution in [3.8, 4) is 22.8 Å². The number of rotatable bonds is 4. The van der Waals surface area contributed by atoms with E-state index in [1.165, 1.54) is 0 Å². The highest BCUT2D eigenvalue weighted by Crippen LogP contribution is 2.32. The topological polar surface area (TPSA) is 82.3 Å². The summed E-state index contributed by atoms with van der Waals surface area (Å²) in [5, 5.41) is 0.111. The van der Waals surface area contributed by atoms with Crippen LogP contribution >= 0.6 is 11.6 Å². The lowest BCUT2D eigenvalue weighted by Crippen LogP contribution is -2.09. The van der Waals surface area contributed by atoms with E-state index in [-0.39, 0.29) is 5.28 Å². The van der Waals surface area contributed by atoms with Gasteiger partial charge in [0.25, 0.3) is 0 Å². The fourth-order valence-corrected chi connectivity index (χ4v) is 1.82. The van der Waals surface area contributed by atoms with Gasteiger partial charge >= 0.3 is 0 Å². The number of halogens is 1. The predicted molar refractivity (Wildman–Crippen MR) is 73.4 cm³/mol. The van der Waals surface area contributed by atoms with Crippen molar-refractivity contribution in [3.05, 3.63) is 29.5 Å². The van der Waals surface area contributed by atoms with Gasteiger partial charge in [-0.05, 0) is 29.8 Å². The molecule has 19 heavy (non-hydrogen) atoms. The third kappa shape index (κ3) is 2.86. The lowest BCUT2D eigenvalue weighted by molar-refractivity contribution is 0.355. The smallest absolute Gasteiger partial charge is 0.224 e. The molecular formula is C12H13ClN4O2. The molecule has 3 N–H and O–H groups in total. The van der Waals surface area contributed by atoms with E-state index in [1.54, 1.807) is 32.4 Å². The fraction of sp³-hybridized carbons (Fsp3) is 0.167. The van der Waals surface area contributed by atoms with Crippen LogP contribution in [0.15, 0.2) is 24.3 Å². The minimum Gasteiger partial charge on any atom is -0.493 e. The third-order valence-electron chi connectivity index (χ3n) is 2.53. The lowest BCUT2D eigenvalue weighted by Gasteiger charge is -2.10. The number of ether oxygens (including phenoxy) is 2. The van der Waals surface area contributed by atoms with Gasteiger partial charge in [0.15, 0.2) is 11.5 Å². The van der Waals surface area contributed by atoms with Gasteiger partial charge in [0.1, 0.15) is 5.82 Å². The van der Waals surface area contributed by atoms with Gasteiger partial charge in [0.05, 0.1) is 19.9 Å². The molecule has 0 radical (unpaired) electrons. The van der Waals surface area contributed by atoms with Crippen LogP contribution in [-0.2, 0) is 0 Å². The number of nitrogens with zero attached hydrogens (tertiary/aromatic N) is 2. The van der Waals surface area contributed by atoms with Crippen LogP contribution in [0.5, 0.6) is 11.5 Å². The number of aromatic nitrogens is 2. The highest BCUT2D eigenvalue weighted by Gasteiger charge is 2.09. The van der Waals surface area contributed by atoms with E-state index in [1.807, 2.05) is 6.07 Å². The van der Waals surface area contributed by atoms with Crippen molar-refractivity contribution in [3.63, 3.8) is 0 Å². The van der Waals surface area contributed by atoms with Crippen LogP contribution < -0.4 is 20.7 Å². The number of anilines is 1. The SMILES string of the molecule is COc1ccc(-c2cc(NN)nc(Cl)n2)cc1OC. The zero-order valence-electron chi connectivity index (χ0n) is 10.5. The number of benzene rings is 1. The largest absolute Gasteiger partial charge is 0.493 e. The quantitative estimate of drug-likeness (QED) is 0.507. The average molecular weight is 281 g/mol. The highest BCUT2D eigenvalue weighted by molar-refractivity contribution is 6.28. The summed E-state index contributed by atoms with van der Waals surface area (Å²) in [7, 11) is 3.15. The van der Waals surface area contributed by atoms with Crippen molar-refractivity contribution in [2.45, 2.75) is 0 Å². The molecule has 6 nitrogen and oxygen atoms in total. The number of nitrogen functional groups attached to an aromatic ring is 1. The van der Waals surface area contributed by atoms with E-state index in [4.69, 9.17) is 26.9 Å². The first-order valence-corrected chi connectivity index (χ1v) is 5.79. The Labute approximate surface area is 115 Å². The molecule has 1 aromatic heterocycles. The fourth-order valence-electron chi connectivity index (χ4n) is 1.64. The maximum absolute atomic E-state index is 5.84. The third-order valence-corrected chi connectivity index (χ3v) is 2.70. The molecule has 0 amide bonds. The molecule has 0 saturated heterocycles. The lowest BCUT2D eigenvalue weighted by atomic mass is 10.1. The van der Waals surface area contributed by atoms with E-state index in [9.17, 15) is 0 Å². The number of nitrogens with two attached hydrogens (primary N) is 1. The Kier molecular flexibility index (Phi) is 4.03. The molecule has 0 spiro atoms. The highest BCUT2D eigenvalue weighted by atomic mass is 35.5. The van der Waals surface area contributed by atoms with Crippen molar-refractivity contribution in [2.75, 3.05) is 19.6 Å². The normalized spacial score (nSPS) is 10.1. The molecule has 0 unspecified atom stereocenters. The van der Waals surface area contributed by atoms with Crippen LogP contribution in [0.3, 0.4) is 0 Å². The Hall–Kier alpha value is -2.05. The molecule has 0 bridgehead atoms.